The van der Waals surface area contributed by atoms with Crippen LogP contribution in [0.4, 0.5) is 5.82 Å². The third kappa shape index (κ3) is 2.64. The molecule has 0 bridgehead atoms. The Morgan fingerprint density at radius 1 is 1.13 bits per heavy atom. The highest BCUT2D eigenvalue weighted by molar-refractivity contribution is 5.87. The minimum Gasteiger partial charge on any atom is -0.383 e. The average Bonchev–Trinajstić information content (AvgIpc) is 3.31. The van der Waals surface area contributed by atoms with Crippen molar-refractivity contribution in [2.75, 3.05) is 5.73 Å². The standard InChI is InChI=1S/C22H21N7O/c1-11-6-5-7-15-8-16(20(27-19(11)15)18-12(2)28-30-14(18)4)13(3)29-22-17(9-26-29)21(23)24-10-25-22/h5-10,13H,1-4H3,(H2,23,24,25). The number of pyridine rings is 1. The van der Waals surface area contributed by atoms with Crippen LogP contribution in [0.3, 0.4) is 0 Å². The Morgan fingerprint density at radius 3 is 2.73 bits per heavy atom. The number of para-hydroxylation sites is 1. The van der Waals surface area contributed by atoms with Crippen molar-refractivity contribution in [3.05, 3.63) is 59.4 Å². The molecule has 0 spiro atoms. The highest BCUT2D eigenvalue weighted by atomic mass is 16.5. The number of rotatable bonds is 3. The zero-order valence-electron chi connectivity index (χ0n) is 17.2. The third-order valence-electron chi connectivity index (χ3n) is 5.59. The number of nitrogen functional groups attached to an aromatic ring is 1. The maximum absolute atomic E-state index is 6.01. The number of nitrogens with zero attached hydrogens (tertiary/aromatic N) is 6. The molecule has 2 N–H and O–H groups in total. The Bertz CT molecular complexity index is 1400. The molecule has 150 valence electrons. The van der Waals surface area contributed by atoms with Gasteiger partial charge in [0.2, 0.25) is 0 Å². The molecule has 4 heterocycles. The van der Waals surface area contributed by atoms with Gasteiger partial charge in [-0.25, -0.2) is 19.6 Å². The van der Waals surface area contributed by atoms with Crippen LogP contribution < -0.4 is 5.73 Å². The fourth-order valence-electron chi connectivity index (χ4n) is 4.00. The number of hydrogen-bond acceptors (Lipinski definition) is 7. The molecule has 0 fully saturated rings. The van der Waals surface area contributed by atoms with Crippen LogP contribution in [-0.2, 0) is 0 Å². The summed E-state index contributed by atoms with van der Waals surface area (Å²) in [6, 6.07) is 8.19. The quantitative estimate of drug-likeness (QED) is 0.485. The summed E-state index contributed by atoms with van der Waals surface area (Å²) in [5.74, 6) is 1.15. The lowest BCUT2D eigenvalue weighted by atomic mass is 9.97. The predicted molar refractivity (Wildman–Crippen MR) is 115 cm³/mol. The molecule has 1 aromatic carbocycles. The third-order valence-corrected chi connectivity index (χ3v) is 5.59. The lowest BCUT2D eigenvalue weighted by Gasteiger charge is -2.18. The van der Waals surface area contributed by atoms with Crippen LogP contribution >= 0.6 is 0 Å². The highest BCUT2D eigenvalue weighted by Crippen LogP contribution is 2.36. The van der Waals surface area contributed by atoms with E-state index in [0.717, 1.165) is 50.1 Å². The number of aromatic nitrogens is 6. The summed E-state index contributed by atoms with van der Waals surface area (Å²) in [6.45, 7) is 7.98. The van der Waals surface area contributed by atoms with Crippen LogP contribution in [0, 0.1) is 20.8 Å². The zero-order valence-corrected chi connectivity index (χ0v) is 17.2. The van der Waals surface area contributed by atoms with Crippen molar-refractivity contribution in [1.29, 1.82) is 0 Å². The SMILES string of the molecule is Cc1noc(C)c1-c1nc2c(C)cccc2cc1C(C)n1ncc2c(N)ncnc21. The van der Waals surface area contributed by atoms with Crippen molar-refractivity contribution in [3.63, 3.8) is 0 Å². The normalized spacial score (nSPS) is 12.7. The topological polar surface area (TPSA) is 109 Å². The Labute approximate surface area is 172 Å². The number of anilines is 1. The van der Waals surface area contributed by atoms with Crippen LogP contribution in [0.25, 0.3) is 33.2 Å². The van der Waals surface area contributed by atoms with E-state index < -0.39 is 0 Å². The largest absolute Gasteiger partial charge is 0.383 e. The maximum atomic E-state index is 6.01. The molecule has 8 nitrogen and oxygen atoms in total. The lowest BCUT2D eigenvalue weighted by Crippen LogP contribution is -2.12. The number of hydrogen-bond donors (Lipinski definition) is 1. The fourth-order valence-corrected chi connectivity index (χ4v) is 4.00. The second-order valence-corrected chi connectivity index (χ2v) is 7.53. The van der Waals surface area contributed by atoms with Crippen molar-refractivity contribution in [2.45, 2.75) is 33.7 Å². The van der Waals surface area contributed by atoms with Crippen molar-refractivity contribution >= 4 is 27.8 Å². The minimum absolute atomic E-state index is 0.155. The predicted octanol–water partition coefficient (Wildman–Crippen LogP) is 4.15. The van der Waals surface area contributed by atoms with E-state index in [4.69, 9.17) is 15.2 Å². The second kappa shape index (κ2) is 6.62. The van der Waals surface area contributed by atoms with Crippen LogP contribution in [-0.4, -0.2) is 29.9 Å². The molecule has 1 unspecified atom stereocenters. The Hall–Kier alpha value is -3.81. The first-order chi connectivity index (χ1) is 14.5. The van der Waals surface area contributed by atoms with Crippen LogP contribution in [0.1, 0.15) is 35.5 Å². The summed E-state index contributed by atoms with van der Waals surface area (Å²) in [5, 5.41) is 10.5. The summed E-state index contributed by atoms with van der Waals surface area (Å²) in [6.07, 6.45) is 3.16. The molecule has 0 aliphatic rings. The lowest BCUT2D eigenvalue weighted by molar-refractivity contribution is 0.393. The van der Waals surface area contributed by atoms with Crippen molar-refractivity contribution in [2.24, 2.45) is 0 Å². The van der Waals surface area contributed by atoms with E-state index in [9.17, 15) is 0 Å². The first-order valence-electron chi connectivity index (χ1n) is 9.73. The molecule has 0 saturated carbocycles. The van der Waals surface area contributed by atoms with Crippen LogP contribution in [0.2, 0.25) is 0 Å². The molecule has 0 amide bonds. The molecular weight excluding hydrogens is 378 g/mol. The zero-order chi connectivity index (χ0) is 21.0. The fraction of sp³-hybridized carbons (Fsp3) is 0.227. The molecule has 0 aliphatic heterocycles. The van der Waals surface area contributed by atoms with Gasteiger partial charge in [-0.05, 0) is 39.3 Å². The molecule has 0 radical (unpaired) electrons. The van der Waals surface area contributed by atoms with E-state index in [2.05, 4.69) is 52.3 Å². The van der Waals surface area contributed by atoms with Gasteiger partial charge in [-0.2, -0.15) is 5.10 Å². The maximum Gasteiger partial charge on any atom is 0.163 e. The molecule has 30 heavy (non-hydrogen) atoms. The number of nitrogens with two attached hydrogens (primary N) is 1. The van der Waals surface area contributed by atoms with E-state index in [1.54, 1.807) is 6.20 Å². The van der Waals surface area contributed by atoms with Crippen molar-refractivity contribution in [3.8, 4) is 11.3 Å². The Balaban J connectivity index is 1.81. The van der Waals surface area contributed by atoms with Gasteiger partial charge >= 0.3 is 0 Å². The van der Waals surface area contributed by atoms with Crippen molar-refractivity contribution < 1.29 is 4.52 Å². The van der Waals surface area contributed by atoms with Gasteiger partial charge in [0, 0.05) is 10.9 Å². The average molecular weight is 399 g/mol. The monoisotopic (exact) mass is 399 g/mol. The Morgan fingerprint density at radius 2 is 1.97 bits per heavy atom. The highest BCUT2D eigenvalue weighted by Gasteiger charge is 2.24. The number of aryl methyl sites for hydroxylation is 3. The molecule has 0 saturated heterocycles. The number of fused-ring (bicyclic) bond motifs is 2. The van der Waals surface area contributed by atoms with Gasteiger partial charge in [0.1, 0.15) is 17.9 Å². The summed E-state index contributed by atoms with van der Waals surface area (Å²) < 4.78 is 7.31. The molecule has 5 rings (SSSR count). The summed E-state index contributed by atoms with van der Waals surface area (Å²) in [4.78, 5) is 13.5. The summed E-state index contributed by atoms with van der Waals surface area (Å²) >= 11 is 0. The second-order valence-electron chi connectivity index (χ2n) is 7.53. The van der Waals surface area contributed by atoms with E-state index in [1.165, 1.54) is 6.33 Å². The number of benzene rings is 1. The smallest absolute Gasteiger partial charge is 0.163 e. The van der Waals surface area contributed by atoms with E-state index >= 15 is 0 Å². The minimum atomic E-state index is -0.155. The Kier molecular flexibility index (Phi) is 4.02. The van der Waals surface area contributed by atoms with Crippen LogP contribution in [0.5, 0.6) is 0 Å². The first-order valence-corrected chi connectivity index (χ1v) is 9.73. The molecule has 0 aliphatic carbocycles. The van der Waals surface area contributed by atoms with Gasteiger partial charge < -0.3 is 10.3 Å². The molecule has 8 heteroatoms. The van der Waals surface area contributed by atoms with Crippen LogP contribution in [0.15, 0.2) is 41.3 Å². The van der Waals surface area contributed by atoms with Gasteiger partial charge in [-0.15, -0.1) is 0 Å². The van der Waals surface area contributed by atoms with Gasteiger partial charge in [0.15, 0.2) is 5.65 Å². The van der Waals surface area contributed by atoms with Gasteiger partial charge in [0.05, 0.1) is 40.1 Å². The van der Waals surface area contributed by atoms with Gasteiger partial charge in [-0.1, -0.05) is 23.4 Å². The molecule has 1 atom stereocenters. The van der Waals surface area contributed by atoms with E-state index in [0.29, 0.717) is 11.5 Å². The molecular formula is C22H21N7O. The van der Waals surface area contributed by atoms with E-state index in [1.807, 2.05) is 24.6 Å². The molecule has 5 aromatic rings. The summed E-state index contributed by atoms with van der Waals surface area (Å²) in [7, 11) is 0. The van der Waals surface area contributed by atoms with Crippen molar-refractivity contribution in [1.82, 2.24) is 29.9 Å². The van der Waals surface area contributed by atoms with Gasteiger partial charge in [0.25, 0.3) is 0 Å². The van der Waals surface area contributed by atoms with Gasteiger partial charge in [-0.3, -0.25) is 0 Å². The first kappa shape index (κ1) is 18.2. The summed E-state index contributed by atoms with van der Waals surface area (Å²) in [5.41, 5.74) is 12.3. The molecule has 4 aromatic heterocycles. The van der Waals surface area contributed by atoms with E-state index in [-0.39, 0.29) is 6.04 Å².